The van der Waals surface area contributed by atoms with Gasteiger partial charge in [-0.2, -0.15) is 10.2 Å². The molecule has 0 radical (unpaired) electrons. The average molecular weight is 266 g/mol. The summed E-state index contributed by atoms with van der Waals surface area (Å²) < 4.78 is 38.4. The van der Waals surface area contributed by atoms with Gasteiger partial charge in [-0.3, -0.25) is 0 Å². The molecule has 0 bridgehead atoms. The van der Waals surface area contributed by atoms with Crippen molar-refractivity contribution in [1.29, 1.82) is 0 Å². The predicted molar refractivity (Wildman–Crippen MR) is 65.8 cm³/mol. The maximum absolute atomic E-state index is 12.8. The van der Waals surface area contributed by atoms with Crippen LogP contribution < -0.4 is 5.19 Å². The van der Waals surface area contributed by atoms with Crippen molar-refractivity contribution in [2.75, 3.05) is 0 Å². The highest BCUT2D eigenvalue weighted by Crippen LogP contribution is 2.20. The van der Waals surface area contributed by atoms with E-state index in [1.54, 1.807) is 30.3 Å². The normalized spacial score (nSPS) is 11.9. The number of nitrogens with zero attached hydrogens (tertiary/aromatic N) is 2. The van der Waals surface area contributed by atoms with Crippen LogP contribution in [0.25, 0.3) is 0 Å². The number of benzene rings is 2. The van der Waals surface area contributed by atoms with E-state index in [1.807, 2.05) is 0 Å². The van der Waals surface area contributed by atoms with Gasteiger partial charge in [-0.1, -0.05) is 36.4 Å². The van der Waals surface area contributed by atoms with Gasteiger partial charge < -0.3 is 0 Å². The van der Waals surface area contributed by atoms with E-state index in [9.17, 15) is 12.3 Å². The van der Waals surface area contributed by atoms with Crippen LogP contribution in [0.4, 0.5) is 23.7 Å². The summed E-state index contributed by atoms with van der Waals surface area (Å²) in [7, 11) is -5.87. The molecule has 0 saturated carbocycles. The Hall–Kier alpha value is -1.95. The Kier molecular flexibility index (Phi) is 3.57. The van der Waals surface area contributed by atoms with Gasteiger partial charge in [0, 0.05) is 0 Å². The second-order valence-electron chi connectivity index (χ2n) is 3.55. The minimum absolute atomic E-state index is 0.125. The van der Waals surface area contributed by atoms with Gasteiger partial charge in [0.25, 0.3) is 0 Å². The first-order chi connectivity index (χ1) is 8.57. The molecule has 18 heavy (non-hydrogen) atoms. The first kappa shape index (κ1) is 12.5. The molecule has 2 aromatic carbocycles. The molecule has 0 amide bonds. The van der Waals surface area contributed by atoms with Crippen molar-refractivity contribution in [1.82, 2.24) is 0 Å². The molecule has 2 rings (SSSR count). The van der Waals surface area contributed by atoms with Crippen LogP contribution in [0.15, 0.2) is 64.8 Å². The molecule has 0 spiro atoms. The lowest BCUT2D eigenvalue weighted by Gasteiger charge is -2.04. The van der Waals surface area contributed by atoms with Crippen LogP contribution in [0.2, 0.25) is 0 Å². The number of rotatable bonds is 3. The molecule has 0 aliphatic rings. The molecule has 0 saturated heterocycles. The van der Waals surface area contributed by atoms with Gasteiger partial charge in [0.05, 0.1) is 16.6 Å². The van der Waals surface area contributed by atoms with E-state index in [2.05, 4.69) is 10.2 Å². The van der Waals surface area contributed by atoms with E-state index >= 15 is 0 Å². The third-order valence-electron chi connectivity index (χ3n) is 2.24. The lowest BCUT2D eigenvalue weighted by molar-refractivity contribution is 0.501. The van der Waals surface area contributed by atoms with Crippen LogP contribution in [-0.4, -0.2) is 9.08 Å². The molecule has 0 aromatic heterocycles. The summed E-state index contributed by atoms with van der Waals surface area (Å²) in [6.07, 6.45) is 0. The van der Waals surface area contributed by atoms with Gasteiger partial charge in [0.15, 0.2) is 0 Å². The van der Waals surface area contributed by atoms with Crippen LogP contribution in [0.1, 0.15) is 0 Å². The Morgan fingerprint density at radius 3 is 2.00 bits per heavy atom. The first-order valence-electron chi connectivity index (χ1n) is 5.20. The summed E-state index contributed by atoms with van der Waals surface area (Å²) in [6, 6.07) is 13.9. The molecular formula is C12H9F3N2Si. The topological polar surface area (TPSA) is 24.7 Å². The maximum atomic E-state index is 12.8. The zero-order valence-corrected chi connectivity index (χ0v) is 10.2. The number of hydrogen-bond acceptors (Lipinski definition) is 2. The Bertz CT molecular complexity index is 553. The van der Waals surface area contributed by atoms with Crippen molar-refractivity contribution in [2.45, 2.75) is 0 Å². The molecule has 92 valence electrons. The monoisotopic (exact) mass is 266 g/mol. The highest BCUT2D eigenvalue weighted by atomic mass is 28.5. The fraction of sp³-hybridized carbons (Fsp3) is 0. The molecule has 0 aliphatic heterocycles. The zero-order chi connectivity index (χ0) is 13.0. The molecule has 0 heterocycles. The fourth-order valence-corrected chi connectivity index (χ4v) is 2.12. The third kappa shape index (κ3) is 3.04. The fourth-order valence-electron chi connectivity index (χ4n) is 1.41. The van der Waals surface area contributed by atoms with Crippen LogP contribution in [-0.2, 0) is 0 Å². The van der Waals surface area contributed by atoms with Crippen molar-refractivity contribution in [3.63, 3.8) is 0 Å². The highest BCUT2D eigenvalue weighted by molar-refractivity contribution is 6.74. The summed E-state index contributed by atoms with van der Waals surface area (Å²) in [5.41, 5.74) is 0.400. The van der Waals surface area contributed by atoms with E-state index in [4.69, 9.17) is 0 Å². The average Bonchev–Trinajstić information content (AvgIpc) is 2.37. The minimum Gasteiger partial charge on any atom is -0.234 e. The SMILES string of the molecule is F[Si](F)(F)c1ccccc1N=Nc1ccccc1. The van der Waals surface area contributed by atoms with Crippen LogP contribution in [0, 0.1) is 0 Å². The Morgan fingerprint density at radius 2 is 1.33 bits per heavy atom. The largest absolute Gasteiger partial charge is 0.655 e. The third-order valence-corrected chi connectivity index (χ3v) is 3.27. The molecule has 0 fully saturated rings. The highest BCUT2D eigenvalue weighted by Gasteiger charge is 2.42. The van der Waals surface area contributed by atoms with E-state index in [0.717, 1.165) is 6.07 Å². The van der Waals surface area contributed by atoms with E-state index in [-0.39, 0.29) is 5.69 Å². The molecule has 6 heteroatoms. The summed E-state index contributed by atoms with van der Waals surface area (Å²) in [6.45, 7) is 0. The van der Waals surface area contributed by atoms with Crippen LogP contribution >= 0.6 is 0 Å². The first-order valence-corrected chi connectivity index (χ1v) is 6.84. The summed E-state index contributed by atoms with van der Waals surface area (Å²) >= 11 is 0. The molecule has 2 nitrogen and oxygen atoms in total. The lowest BCUT2D eigenvalue weighted by atomic mass is 10.3. The molecule has 0 N–H and O–H groups in total. The van der Waals surface area contributed by atoms with Gasteiger partial charge in [-0.15, -0.1) is 0 Å². The Balaban J connectivity index is 2.33. The van der Waals surface area contributed by atoms with E-state index in [0.29, 0.717) is 5.69 Å². The molecule has 2 aromatic rings. The number of azo groups is 1. The van der Waals surface area contributed by atoms with Crippen molar-refractivity contribution in [2.24, 2.45) is 10.2 Å². The molecule has 0 aliphatic carbocycles. The molecular weight excluding hydrogens is 257 g/mol. The standard InChI is InChI=1S/C12H9F3N2Si/c13-18(14,15)12-9-5-4-8-11(12)17-16-10-6-2-1-3-7-10/h1-9H. The maximum Gasteiger partial charge on any atom is 0.655 e. The smallest absolute Gasteiger partial charge is 0.234 e. The minimum atomic E-state index is -5.87. The number of hydrogen-bond donors (Lipinski definition) is 0. The van der Waals surface area contributed by atoms with E-state index in [1.165, 1.54) is 18.2 Å². The van der Waals surface area contributed by atoms with Crippen LogP contribution in [0.3, 0.4) is 0 Å². The van der Waals surface area contributed by atoms with Gasteiger partial charge in [0.1, 0.15) is 0 Å². The second-order valence-corrected chi connectivity index (χ2v) is 5.08. The molecule has 0 unspecified atom stereocenters. The summed E-state index contributed by atoms with van der Waals surface area (Å²) in [4.78, 5) is 0. The summed E-state index contributed by atoms with van der Waals surface area (Å²) in [5.74, 6) is 0. The van der Waals surface area contributed by atoms with Crippen molar-refractivity contribution >= 4 is 25.6 Å². The van der Waals surface area contributed by atoms with Gasteiger partial charge in [-0.05, 0) is 18.2 Å². The number of halogens is 3. The van der Waals surface area contributed by atoms with Crippen molar-refractivity contribution < 1.29 is 12.3 Å². The second kappa shape index (κ2) is 5.13. The lowest BCUT2D eigenvalue weighted by Crippen LogP contribution is -2.34. The Labute approximate surface area is 103 Å². The van der Waals surface area contributed by atoms with Gasteiger partial charge in [0.2, 0.25) is 0 Å². The van der Waals surface area contributed by atoms with Crippen LogP contribution in [0.5, 0.6) is 0 Å². The molecule has 0 atom stereocenters. The Morgan fingerprint density at radius 1 is 0.722 bits per heavy atom. The van der Waals surface area contributed by atoms with Crippen molar-refractivity contribution in [3.8, 4) is 0 Å². The van der Waals surface area contributed by atoms with Crippen molar-refractivity contribution in [3.05, 3.63) is 54.6 Å². The van der Waals surface area contributed by atoms with E-state index < -0.39 is 14.3 Å². The van der Waals surface area contributed by atoms with Gasteiger partial charge >= 0.3 is 9.08 Å². The summed E-state index contributed by atoms with van der Waals surface area (Å²) in [5, 5.41) is 6.83. The predicted octanol–water partition coefficient (Wildman–Crippen LogP) is 4.16. The quantitative estimate of drug-likeness (QED) is 0.453. The van der Waals surface area contributed by atoms with Gasteiger partial charge in [-0.25, -0.2) is 12.3 Å². The zero-order valence-electron chi connectivity index (χ0n) is 9.22.